The maximum atomic E-state index is 5.27. The van der Waals surface area contributed by atoms with Crippen LogP contribution in [0.15, 0.2) is 13.2 Å². The molecule has 0 amide bonds. The molecular weight excluding hydrogens is 159 g/mol. The SMILES string of the molecule is C=C.ClCCOCCCl. The number of ether oxygens (including phenoxy) is 1. The van der Waals surface area contributed by atoms with Crippen LogP contribution in [0.4, 0.5) is 0 Å². The van der Waals surface area contributed by atoms with E-state index in [0.717, 1.165) is 0 Å². The Morgan fingerprint density at radius 1 is 1.00 bits per heavy atom. The lowest BCUT2D eigenvalue weighted by molar-refractivity contribution is 0.165. The third-order valence-corrected chi connectivity index (χ3v) is 0.752. The van der Waals surface area contributed by atoms with Crippen LogP contribution < -0.4 is 0 Å². The molecule has 0 spiro atoms. The fourth-order valence-electron chi connectivity index (χ4n) is 0.211. The van der Waals surface area contributed by atoms with Crippen molar-refractivity contribution >= 4 is 23.2 Å². The van der Waals surface area contributed by atoms with E-state index in [4.69, 9.17) is 27.9 Å². The van der Waals surface area contributed by atoms with E-state index in [0.29, 0.717) is 25.0 Å². The first-order chi connectivity index (χ1) is 4.41. The molecule has 0 aromatic carbocycles. The molecular formula is C6H12Cl2O. The van der Waals surface area contributed by atoms with E-state index < -0.39 is 0 Å². The highest BCUT2D eigenvalue weighted by molar-refractivity contribution is 6.18. The van der Waals surface area contributed by atoms with Crippen molar-refractivity contribution in [3.63, 3.8) is 0 Å². The van der Waals surface area contributed by atoms with Crippen molar-refractivity contribution in [2.45, 2.75) is 0 Å². The molecule has 0 aliphatic heterocycles. The van der Waals surface area contributed by atoms with E-state index >= 15 is 0 Å². The highest BCUT2D eigenvalue weighted by atomic mass is 35.5. The van der Waals surface area contributed by atoms with E-state index in [1.165, 1.54) is 0 Å². The fraction of sp³-hybridized carbons (Fsp3) is 0.667. The zero-order valence-electron chi connectivity index (χ0n) is 5.41. The van der Waals surface area contributed by atoms with E-state index in [-0.39, 0.29) is 0 Å². The van der Waals surface area contributed by atoms with E-state index in [2.05, 4.69) is 13.2 Å². The monoisotopic (exact) mass is 170 g/mol. The van der Waals surface area contributed by atoms with Crippen molar-refractivity contribution in [3.8, 4) is 0 Å². The number of hydrogen-bond acceptors (Lipinski definition) is 1. The lowest BCUT2D eigenvalue weighted by Crippen LogP contribution is -1.97. The third kappa shape index (κ3) is 17.8. The van der Waals surface area contributed by atoms with Gasteiger partial charge in [0.2, 0.25) is 0 Å². The first-order valence-electron chi connectivity index (χ1n) is 2.61. The molecule has 0 aliphatic carbocycles. The molecule has 0 atom stereocenters. The number of rotatable bonds is 4. The maximum Gasteiger partial charge on any atom is 0.0602 e. The summed E-state index contributed by atoms with van der Waals surface area (Å²) >= 11 is 10.5. The predicted octanol–water partition coefficient (Wildman–Crippen LogP) is 2.28. The van der Waals surface area contributed by atoms with Crippen LogP contribution >= 0.6 is 23.2 Å². The quantitative estimate of drug-likeness (QED) is 0.358. The standard InChI is InChI=1S/C4H8Cl2O.C2H4/c5-1-3-7-4-2-6;1-2/h1-4H2;1-2H2. The van der Waals surface area contributed by atoms with Crippen molar-refractivity contribution in [1.29, 1.82) is 0 Å². The van der Waals surface area contributed by atoms with Gasteiger partial charge in [-0.3, -0.25) is 0 Å². The molecule has 0 saturated carbocycles. The zero-order chi connectivity index (χ0) is 7.54. The topological polar surface area (TPSA) is 9.23 Å². The van der Waals surface area contributed by atoms with Crippen molar-refractivity contribution in [3.05, 3.63) is 13.2 Å². The van der Waals surface area contributed by atoms with Crippen LogP contribution in [0.5, 0.6) is 0 Å². The average molecular weight is 171 g/mol. The number of hydrogen-bond donors (Lipinski definition) is 0. The second-order valence-electron chi connectivity index (χ2n) is 0.990. The molecule has 0 fully saturated rings. The Morgan fingerprint density at radius 3 is 1.56 bits per heavy atom. The van der Waals surface area contributed by atoms with Gasteiger partial charge in [0.05, 0.1) is 13.2 Å². The summed E-state index contributed by atoms with van der Waals surface area (Å²) in [5.74, 6) is 1.10. The Morgan fingerprint density at radius 2 is 1.33 bits per heavy atom. The third-order valence-electron chi connectivity index (χ3n) is 0.443. The molecule has 0 N–H and O–H groups in total. The van der Waals surface area contributed by atoms with Gasteiger partial charge in [-0.25, -0.2) is 0 Å². The largest absolute Gasteiger partial charge is 0.379 e. The minimum absolute atomic E-state index is 0.552. The van der Waals surface area contributed by atoms with Crippen LogP contribution in [0.1, 0.15) is 0 Å². The fourth-order valence-corrected chi connectivity index (χ4v) is 0.429. The Kier molecular flexibility index (Phi) is 21.0. The van der Waals surface area contributed by atoms with E-state index in [9.17, 15) is 0 Å². The molecule has 56 valence electrons. The molecule has 0 unspecified atom stereocenters. The van der Waals surface area contributed by atoms with Gasteiger partial charge in [0.25, 0.3) is 0 Å². The molecule has 3 heteroatoms. The van der Waals surface area contributed by atoms with Gasteiger partial charge in [0, 0.05) is 11.8 Å². The maximum absolute atomic E-state index is 5.27. The van der Waals surface area contributed by atoms with Crippen LogP contribution in [0.2, 0.25) is 0 Å². The molecule has 0 rings (SSSR count). The zero-order valence-corrected chi connectivity index (χ0v) is 6.92. The highest BCUT2D eigenvalue weighted by Crippen LogP contribution is 1.80. The molecule has 0 aliphatic rings. The first-order valence-corrected chi connectivity index (χ1v) is 3.68. The molecule has 1 nitrogen and oxygen atoms in total. The number of alkyl halides is 2. The van der Waals surface area contributed by atoms with Gasteiger partial charge in [-0.2, -0.15) is 0 Å². The van der Waals surface area contributed by atoms with Crippen LogP contribution in [0.25, 0.3) is 0 Å². The molecule has 9 heavy (non-hydrogen) atoms. The van der Waals surface area contributed by atoms with Crippen LogP contribution in [0.3, 0.4) is 0 Å². The van der Waals surface area contributed by atoms with Crippen molar-refractivity contribution in [2.24, 2.45) is 0 Å². The van der Waals surface area contributed by atoms with Crippen molar-refractivity contribution < 1.29 is 4.74 Å². The van der Waals surface area contributed by atoms with Gasteiger partial charge in [-0.05, 0) is 0 Å². The van der Waals surface area contributed by atoms with Crippen LogP contribution in [-0.4, -0.2) is 25.0 Å². The normalized spacial score (nSPS) is 7.78. The Labute approximate surface area is 66.6 Å². The summed E-state index contributed by atoms with van der Waals surface area (Å²) in [6.07, 6.45) is 0. The first kappa shape index (κ1) is 12.0. The molecule has 0 aromatic rings. The Bertz CT molecular complexity index is 38.0. The predicted molar refractivity (Wildman–Crippen MR) is 43.5 cm³/mol. The highest BCUT2D eigenvalue weighted by Gasteiger charge is 1.80. The minimum atomic E-state index is 0.552. The van der Waals surface area contributed by atoms with E-state index in [1.54, 1.807) is 0 Å². The smallest absolute Gasteiger partial charge is 0.0602 e. The van der Waals surface area contributed by atoms with Gasteiger partial charge in [-0.15, -0.1) is 36.4 Å². The summed E-state index contributed by atoms with van der Waals surface area (Å²) in [4.78, 5) is 0. The van der Waals surface area contributed by atoms with Crippen LogP contribution in [0, 0.1) is 0 Å². The number of halogens is 2. The average Bonchev–Trinajstić information content (AvgIpc) is 1.94. The molecule has 0 heterocycles. The second kappa shape index (κ2) is 15.7. The van der Waals surface area contributed by atoms with E-state index in [1.807, 2.05) is 0 Å². The lowest BCUT2D eigenvalue weighted by Gasteiger charge is -1.93. The summed E-state index contributed by atoms with van der Waals surface area (Å²) in [7, 11) is 0. The summed E-state index contributed by atoms with van der Waals surface area (Å²) < 4.78 is 4.87. The molecule has 0 saturated heterocycles. The Hall–Kier alpha value is 0.280. The summed E-state index contributed by atoms with van der Waals surface area (Å²) in [5.41, 5.74) is 0. The van der Waals surface area contributed by atoms with Crippen molar-refractivity contribution in [1.82, 2.24) is 0 Å². The summed E-state index contributed by atoms with van der Waals surface area (Å²) in [5, 5.41) is 0. The summed E-state index contributed by atoms with van der Waals surface area (Å²) in [6, 6.07) is 0. The van der Waals surface area contributed by atoms with Crippen LogP contribution in [-0.2, 0) is 4.74 Å². The van der Waals surface area contributed by atoms with Gasteiger partial charge in [0.1, 0.15) is 0 Å². The molecule has 0 radical (unpaired) electrons. The second-order valence-corrected chi connectivity index (χ2v) is 1.75. The molecule has 0 bridgehead atoms. The Balaban J connectivity index is 0. The minimum Gasteiger partial charge on any atom is -0.379 e. The van der Waals surface area contributed by atoms with Gasteiger partial charge < -0.3 is 4.74 Å². The lowest BCUT2D eigenvalue weighted by atomic mass is 10.8. The van der Waals surface area contributed by atoms with Gasteiger partial charge in [-0.1, -0.05) is 0 Å². The molecule has 0 aromatic heterocycles. The van der Waals surface area contributed by atoms with Crippen molar-refractivity contribution in [2.75, 3.05) is 25.0 Å². The van der Waals surface area contributed by atoms with Gasteiger partial charge >= 0.3 is 0 Å². The summed E-state index contributed by atoms with van der Waals surface area (Å²) in [6.45, 7) is 7.21. The van der Waals surface area contributed by atoms with Gasteiger partial charge in [0.15, 0.2) is 0 Å².